The number of amides is 1. The van der Waals surface area contributed by atoms with Gasteiger partial charge in [0.15, 0.2) is 17.1 Å². The summed E-state index contributed by atoms with van der Waals surface area (Å²) < 4.78 is 12.4. The minimum Gasteiger partial charge on any atom is -0.454 e. The van der Waals surface area contributed by atoms with Crippen LogP contribution in [0.2, 0.25) is 5.02 Å². The first kappa shape index (κ1) is 17.4. The van der Waals surface area contributed by atoms with Crippen LogP contribution in [0, 0.1) is 0 Å². The molecule has 0 saturated heterocycles. The number of hydrogen-bond acceptors (Lipinski definition) is 5. The maximum atomic E-state index is 12.2. The quantitative estimate of drug-likeness (QED) is 0.686. The van der Waals surface area contributed by atoms with Gasteiger partial charge in [0.25, 0.3) is 0 Å². The molecule has 8 heteroatoms. The fourth-order valence-electron chi connectivity index (χ4n) is 2.83. The molecule has 0 radical (unpaired) electrons. The highest BCUT2D eigenvalue weighted by molar-refractivity contribution is 6.32. The third-order valence-corrected chi connectivity index (χ3v) is 4.35. The van der Waals surface area contributed by atoms with E-state index in [1.54, 1.807) is 30.6 Å². The van der Waals surface area contributed by atoms with Crippen LogP contribution in [0.15, 0.2) is 36.7 Å². The number of aromatic nitrogens is 3. The Bertz CT molecular complexity index is 1060. The van der Waals surface area contributed by atoms with Crippen molar-refractivity contribution in [2.75, 3.05) is 12.1 Å². The van der Waals surface area contributed by atoms with Crippen molar-refractivity contribution in [2.45, 2.75) is 19.9 Å². The van der Waals surface area contributed by atoms with Gasteiger partial charge in [-0.1, -0.05) is 11.6 Å². The number of pyridine rings is 1. The SMILES string of the molecule is CC(C)n1ncc2cc(NC(=O)/C=C/c3cc(Cl)c4c(c3)OCO4)cnc21. The molecule has 0 unspecified atom stereocenters. The van der Waals surface area contributed by atoms with E-state index in [-0.39, 0.29) is 18.7 Å². The maximum Gasteiger partial charge on any atom is 0.248 e. The predicted molar refractivity (Wildman–Crippen MR) is 103 cm³/mol. The molecule has 1 aliphatic heterocycles. The highest BCUT2D eigenvalue weighted by atomic mass is 35.5. The molecule has 27 heavy (non-hydrogen) atoms. The molecule has 4 rings (SSSR count). The summed E-state index contributed by atoms with van der Waals surface area (Å²) in [6.45, 7) is 4.22. The van der Waals surface area contributed by atoms with Crippen LogP contribution in [0.3, 0.4) is 0 Å². The van der Waals surface area contributed by atoms with Gasteiger partial charge in [0, 0.05) is 17.5 Å². The highest BCUT2D eigenvalue weighted by Gasteiger charge is 2.17. The van der Waals surface area contributed by atoms with E-state index in [0.29, 0.717) is 22.2 Å². The van der Waals surface area contributed by atoms with Crippen molar-refractivity contribution in [1.82, 2.24) is 14.8 Å². The molecule has 0 spiro atoms. The Morgan fingerprint density at radius 2 is 2.15 bits per heavy atom. The number of anilines is 1. The Morgan fingerprint density at radius 3 is 2.96 bits per heavy atom. The summed E-state index contributed by atoms with van der Waals surface area (Å²) in [7, 11) is 0. The molecule has 7 nitrogen and oxygen atoms in total. The molecular formula is C19H17ClN4O3. The largest absolute Gasteiger partial charge is 0.454 e. The molecule has 3 aromatic rings. The summed E-state index contributed by atoms with van der Waals surface area (Å²) in [6, 6.07) is 5.54. The van der Waals surface area contributed by atoms with E-state index in [4.69, 9.17) is 21.1 Å². The molecule has 3 heterocycles. The lowest BCUT2D eigenvalue weighted by Gasteiger charge is -2.07. The van der Waals surface area contributed by atoms with Gasteiger partial charge in [0.2, 0.25) is 12.7 Å². The fourth-order valence-corrected chi connectivity index (χ4v) is 3.10. The number of rotatable bonds is 4. The van der Waals surface area contributed by atoms with Crippen LogP contribution in [0.4, 0.5) is 5.69 Å². The van der Waals surface area contributed by atoms with Gasteiger partial charge in [-0.2, -0.15) is 5.10 Å². The molecule has 138 valence electrons. The number of carbonyl (C=O) groups is 1. The molecule has 0 aliphatic carbocycles. The standard InChI is InChI=1S/C19H17ClN4O3/c1-11(2)24-19-13(8-22-24)7-14(9-21-19)23-17(25)4-3-12-5-15(20)18-16(6-12)26-10-27-18/h3-9,11H,10H2,1-2H3,(H,23,25)/b4-3+. The Balaban J connectivity index is 1.49. The van der Waals surface area contributed by atoms with Crippen molar-refractivity contribution in [3.63, 3.8) is 0 Å². The lowest BCUT2D eigenvalue weighted by atomic mass is 10.2. The zero-order valence-electron chi connectivity index (χ0n) is 14.8. The van der Waals surface area contributed by atoms with Crippen LogP contribution < -0.4 is 14.8 Å². The fraction of sp³-hybridized carbons (Fsp3) is 0.211. The molecule has 1 aromatic carbocycles. The first-order valence-electron chi connectivity index (χ1n) is 8.43. The Hall–Kier alpha value is -3.06. The number of fused-ring (bicyclic) bond motifs is 2. The second-order valence-electron chi connectivity index (χ2n) is 6.38. The molecule has 1 amide bonds. The number of ether oxygens (including phenoxy) is 2. The third-order valence-electron chi connectivity index (χ3n) is 4.07. The second kappa shape index (κ2) is 6.92. The van der Waals surface area contributed by atoms with Gasteiger partial charge in [-0.25, -0.2) is 9.67 Å². The van der Waals surface area contributed by atoms with Gasteiger partial charge in [0.1, 0.15) is 0 Å². The van der Waals surface area contributed by atoms with Crippen molar-refractivity contribution in [1.29, 1.82) is 0 Å². The molecule has 2 aromatic heterocycles. The lowest BCUT2D eigenvalue weighted by Crippen LogP contribution is -2.08. The Kier molecular flexibility index (Phi) is 4.45. The summed E-state index contributed by atoms with van der Waals surface area (Å²) in [4.78, 5) is 16.6. The Labute approximate surface area is 160 Å². The molecule has 0 atom stereocenters. The summed E-state index contributed by atoms with van der Waals surface area (Å²) >= 11 is 6.14. The van der Waals surface area contributed by atoms with Crippen LogP contribution in [0.1, 0.15) is 25.5 Å². The smallest absolute Gasteiger partial charge is 0.248 e. The first-order valence-corrected chi connectivity index (χ1v) is 8.80. The van der Waals surface area contributed by atoms with Gasteiger partial charge < -0.3 is 14.8 Å². The number of nitrogens with zero attached hydrogens (tertiary/aromatic N) is 3. The minimum absolute atomic E-state index is 0.144. The molecule has 1 aliphatic rings. The number of hydrogen-bond donors (Lipinski definition) is 1. The minimum atomic E-state index is -0.277. The maximum absolute atomic E-state index is 12.2. The van der Waals surface area contributed by atoms with E-state index in [2.05, 4.69) is 15.4 Å². The van der Waals surface area contributed by atoms with Gasteiger partial charge >= 0.3 is 0 Å². The van der Waals surface area contributed by atoms with Crippen LogP contribution in [-0.2, 0) is 4.79 Å². The van der Waals surface area contributed by atoms with Crippen LogP contribution in [0.5, 0.6) is 11.5 Å². The Morgan fingerprint density at radius 1 is 1.30 bits per heavy atom. The first-order chi connectivity index (χ1) is 13.0. The van der Waals surface area contributed by atoms with E-state index in [0.717, 1.165) is 16.6 Å². The van der Waals surface area contributed by atoms with Crippen LogP contribution >= 0.6 is 11.6 Å². The van der Waals surface area contributed by atoms with E-state index in [9.17, 15) is 4.79 Å². The summed E-state index contributed by atoms with van der Waals surface area (Å²) in [5.41, 5.74) is 2.13. The number of benzene rings is 1. The summed E-state index contributed by atoms with van der Waals surface area (Å²) in [6.07, 6.45) is 6.44. The molecule has 0 fully saturated rings. The van der Waals surface area contributed by atoms with Gasteiger partial charge in [-0.15, -0.1) is 0 Å². The molecule has 0 bridgehead atoms. The third kappa shape index (κ3) is 3.46. The van der Waals surface area contributed by atoms with E-state index < -0.39 is 0 Å². The summed E-state index contributed by atoms with van der Waals surface area (Å²) in [5.74, 6) is 0.820. The normalized spacial score (nSPS) is 13.0. The van der Waals surface area contributed by atoms with Crippen molar-refractivity contribution < 1.29 is 14.3 Å². The van der Waals surface area contributed by atoms with Gasteiger partial charge in [0.05, 0.1) is 23.1 Å². The van der Waals surface area contributed by atoms with Gasteiger partial charge in [-0.05, 0) is 43.7 Å². The van der Waals surface area contributed by atoms with Crippen molar-refractivity contribution in [2.24, 2.45) is 0 Å². The average Bonchev–Trinajstić information content (AvgIpc) is 3.26. The lowest BCUT2D eigenvalue weighted by molar-refractivity contribution is -0.111. The zero-order valence-corrected chi connectivity index (χ0v) is 15.5. The topological polar surface area (TPSA) is 78.3 Å². The number of carbonyl (C=O) groups excluding carboxylic acids is 1. The van der Waals surface area contributed by atoms with Gasteiger partial charge in [-0.3, -0.25) is 4.79 Å². The molecule has 0 saturated carbocycles. The van der Waals surface area contributed by atoms with E-state index in [1.165, 1.54) is 6.08 Å². The van der Waals surface area contributed by atoms with Crippen molar-refractivity contribution in [3.8, 4) is 11.5 Å². The van der Waals surface area contributed by atoms with Crippen LogP contribution in [-0.4, -0.2) is 27.5 Å². The van der Waals surface area contributed by atoms with E-state index >= 15 is 0 Å². The number of nitrogens with one attached hydrogen (secondary N) is 1. The van der Waals surface area contributed by atoms with Crippen molar-refractivity contribution >= 4 is 40.3 Å². The second-order valence-corrected chi connectivity index (χ2v) is 6.79. The van der Waals surface area contributed by atoms with Crippen LogP contribution in [0.25, 0.3) is 17.1 Å². The summed E-state index contributed by atoms with van der Waals surface area (Å²) in [5, 5.41) is 8.43. The number of halogens is 1. The van der Waals surface area contributed by atoms with E-state index in [1.807, 2.05) is 24.6 Å². The monoisotopic (exact) mass is 384 g/mol. The molecular weight excluding hydrogens is 368 g/mol. The highest BCUT2D eigenvalue weighted by Crippen LogP contribution is 2.40. The average molecular weight is 385 g/mol. The van der Waals surface area contributed by atoms with Crippen molar-refractivity contribution in [3.05, 3.63) is 47.3 Å². The molecule has 1 N–H and O–H groups in total. The predicted octanol–water partition coefficient (Wildman–Crippen LogP) is 4.05. The zero-order chi connectivity index (χ0) is 19.0.